The maximum atomic E-state index is 12.8. The van der Waals surface area contributed by atoms with Gasteiger partial charge in [-0.2, -0.15) is 0 Å². The lowest BCUT2D eigenvalue weighted by molar-refractivity contribution is -0.983. The van der Waals surface area contributed by atoms with Crippen molar-refractivity contribution in [1.82, 2.24) is 4.90 Å². The van der Waals surface area contributed by atoms with Crippen molar-refractivity contribution < 1.29 is 14.6 Å². The maximum Gasteiger partial charge on any atom is 0.269 e. The van der Waals surface area contributed by atoms with E-state index in [2.05, 4.69) is 34.7 Å². The summed E-state index contributed by atoms with van der Waals surface area (Å²) in [5.74, 6) is -0.0824. The predicted molar refractivity (Wildman–Crippen MR) is 93.3 cm³/mol. The molecule has 0 radical (unpaired) electrons. The second-order valence-electron chi connectivity index (χ2n) is 8.17. The Morgan fingerprint density at radius 2 is 1.62 bits per heavy atom. The Morgan fingerprint density at radius 3 is 2.04 bits per heavy atom. The topological polar surface area (TPSA) is 67.9 Å². The molecule has 1 aliphatic heterocycles. The van der Waals surface area contributed by atoms with Crippen molar-refractivity contribution in [1.29, 1.82) is 0 Å². The first kappa shape index (κ1) is 18.4. The van der Waals surface area contributed by atoms with Crippen LogP contribution < -0.4 is 4.90 Å². The molecule has 0 aromatic heterocycles. The first-order chi connectivity index (χ1) is 11.0. The zero-order valence-corrected chi connectivity index (χ0v) is 15.4. The minimum absolute atomic E-state index is 0.000592. The standard InChI is InChI=1S/C18H27N3O3/c1-17(2)11-15(12-18(3,4)20(17)6)19(5)16(22)13-7-9-14(10-8-13)21(23)24/h7-10,15H,11-12H2,1-6H3/p+1. The molecule has 0 bridgehead atoms. The van der Waals surface area contributed by atoms with Crippen LogP contribution in [0, 0.1) is 10.1 Å². The molecule has 0 saturated carbocycles. The molecule has 1 aromatic rings. The lowest BCUT2D eigenvalue weighted by Gasteiger charge is -2.52. The number of nitro benzene ring substituents is 1. The van der Waals surface area contributed by atoms with Gasteiger partial charge in [-0.1, -0.05) is 0 Å². The molecule has 2 rings (SSSR count). The van der Waals surface area contributed by atoms with Gasteiger partial charge in [0.2, 0.25) is 0 Å². The Labute approximate surface area is 143 Å². The molecule has 6 nitrogen and oxygen atoms in total. The van der Waals surface area contributed by atoms with Crippen LogP contribution in [0.3, 0.4) is 0 Å². The number of non-ortho nitro benzene ring substituents is 1. The summed E-state index contributed by atoms with van der Waals surface area (Å²) >= 11 is 0. The minimum Gasteiger partial charge on any atom is -0.338 e. The summed E-state index contributed by atoms with van der Waals surface area (Å²) in [6.07, 6.45) is 1.86. The first-order valence-electron chi connectivity index (χ1n) is 8.32. The summed E-state index contributed by atoms with van der Waals surface area (Å²) in [6.45, 7) is 8.95. The number of hydrogen-bond acceptors (Lipinski definition) is 3. The zero-order chi connectivity index (χ0) is 18.3. The van der Waals surface area contributed by atoms with Gasteiger partial charge in [0.05, 0.1) is 23.0 Å². The molecule has 1 fully saturated rings. The maximum absolute atomic E-state index is 12.8. The molecule has 0 spiro atoms. The molecule has 132 valence electrons. The van der Waals surface area contributed by atoms with Gasteiger partial charge in [0.25, 0.3) is 11.6 Å². The Bertz CT molecular complexity index is 619. The number of carbonyl (C=O) groups excluding carboxylic acids is 1. The lowest BCUT2D eigenvalue weighted by atomic mass is 9.77. The van der Waals surface area contributed by atoms with Crippen molar-refractivity contribution in [2.45, 2.75) is 57.7 Å². The van der Waals surface area contributed by atoms with Crippen LogP contribution in [0.2, 0.25) is 0 Å². The van der Waals surface area contributed by atoms with E-state index < -0.39 is 4.92 Å². The van der Waals surface area contributed by atoms with E-state index in [4.69, 9.17) is 0 Å². The molecule has 1 aliphatic rings. The largest absolute Gasteiger partial charge is 0.338 e. The molecule has 1 aromatic carbocycles. The fourth-order valence-corrected chi connectivity index (χ4v) is 3.84. The summed E-state index contributed by atoms with van der Waals surface area (Å²) in [6, 6.07) is 5.99. The third kappa shape index (κ3) is 3.43. The number of rotatable bonds is 3. The highest BCUT2D eigenvalue weighted by Gasteiger charge is 2.48. The van der Waals surface area contributed by atoms with E-state index in [-0.39, 0.29) is 28.7 Å². The van der Waals surface area contributed by atoms with E-state index in [1.807, 2.05) is 7.05 Å². The smallest absolute Gasteiger partial charge is 0.269 e. The lowest BCUT2D eigenvalue weighted by Crippen LogP contribution is -3.24. The van der Waals surface area contributed by atoms with Crippen LogP contribution in [-0.4, -0.2) is 46.9 Å². The number of carbonyl (C=O) groups is 1. The molecule has 6 heteroatoms. The SMILES string of the molecule is CN(C(=O)c1ccc([N+](=O)[O-])cc1)C1CC(C)(C)[NH+](C)C(C)(C)C1. The van der Waals surface area contributed by atoms with Crippen molar-refractivity contribution >= 4 is 11.6 Å². The van der Waals surface area contributed by atoms with Gasteiger partial charge < -0.3 is 9.80 Å². The van der Waals surface area contributed by atoms with Gasteiger partial charge >= 0.3 is 0 Å². The van der Waals surface area contributed by atoms with Crippen molar-refractivity contribution in [3.05, 3.63) is 39.9 Å². The molecule has 24 heavy (non-hydrogen) atoms. The average molecular weight is 334 g/mol. The summed E-state index contributed by atoms with van der Waals surface area (Å²) in [5.41, 5.74) is 0.650. The molecular weight excluding hydrogens is 306 g/mol. The second-order valence-corrected chi connectivity index (χ2v) is 8.17. The van der Waals surface area contributed by atoms with Crippen LogP contribution in [-0.2, 0) is 0 Å². The normalized spacial score (nSPS) is 25.1. The van der Waals surface area contributed by atoms with Crippen LogP contribution in [0.4, 0.5) is 5.69 Å². The number of benzene rings is 1. The Balaban J connectivity index is 2.20. The fraction of sp³-hybridized carbons (Fsp3) is 0.611. The number of piperidine rings is 1. The first-order valence-corrected chi connectivity index (χ1v) is 8.32. The summed E-state index contributed by atoms with van der Waals surface area (Å²) in [4.78, 5) is 26.3. The van der Waals surface area contributed by atoms with Crippen LogP contribution in [0.1, 0.15) is 50.9 Å². The summed E-state index contributed by atoms with van der Waals surface area (Å²) in [5, 5.41) is 10.7. The molecule has 1 N–H and O–H groups in total. The van der Waals surface area contributed by atoms with Crippen molar-refractivity contribution in [3.8, 4) is 0 Å². The molecule has 0 aliphatic carbocycles. The molecule has 0 atom stereocenters. The zero-order valence-electron chi connectivity index (χ0n) is 15.4. The highest BCUT2D eigenvalue weighted by Crippen LogP contribution is 2.27. The Kier molecular flexibility index (Phi) is 4.72. The van der Waals surface area contributed by atoms with E-state index in [1.165, 1.54) is 29.2 Å². The van der Waals surface area contributed by atoms with Gasteiger partial charge in [-0.3, -0.25) is 14.9 Å². The van der Waals surface area contributed by atoms with Gasteiger partial charge in [0, 0.05) is 43.6 Å². The average Bonchev–Trinajstić information content (AvgIpc) is 2.50. The van der Waals surface area contributed by atoms with Crippen molar-refractivity contribution in [2.24, 2.45) is 0 Å². The molecule has 1 amide bonds. The number of nitrogens with zero attached hydrogens (tertiary/aromatic N) is 2. The summed E-state index contributed by atoms with van der Waals surface area (Å²) < 4.78 is 0. The highest BCUT2D eigenvalue weighted by atomic mass is 16.6. The van der Waals surface area contributed by atoms with Crippen LogP contribution >= 0.6 is 0 Å². The van der Waals surface area contributed by atoms with Crippen LogP contribution in [0.25, 0.3) is 0 Å². The third-order valence-corrected chi connectivity index (χ3v) is 5.72. The number of quaternary nitrogens is 1. The molecule has 1 heterocycles. The van der Waals surface area contributed by atoms with Crippen LogP contribution in [0.15, 0.2) is 24.3 Å². The van der Waals surface area contributed by atoms with Gasteiger partial charge in [-0.15, -0.1) is 0 Å². The monoisotopic (exact) mass is 334 g/mol. The van der Waals surface area contributed by atoms with Gasteiger partial charge in [-0.05, 0) is 39.8 Å². The van der Waals surface area contributed by atoms with E-state index in [0.29, 0.717) is 5.56 Å². The van der Waals surface area contributed by atoms with Crippen molar-refractivity contribution in [3.63, 3.8) is 0 Å². The third-order valence-electron chi connectivity index (χ3n) is 5.72. The van der Waals surface area contributed by atoms with E-state index >= 15 is 0 Å². The van der Waals surface area contributed by atoms with Gasteiger partial charge in [-0.25, -0.2) is 0 Å². The highest BCUT2D eigenvalue weighted by molar-refractivity contribution is 5.94. The van der Waals surface area contributed by atoms with E-state index in [0.717, 1.165) is 12.8 Å². The molecule has 0 unspecified atom stereocenters. The number of hydrogen-bond donors (Lipinski definition) is 1. The summed E-state index contributed by atoms with van der Waals surface area (Å²) in [7, 11) is 4.05. The number of likely N-dealkylation sites (tertiary alicyclic amines) is 1. The molecule has 1 saturated heterocycles. The second kappa shape index (κ2) is 6.16. The minimum atomic E-state index is -0.456. The predicted octanol–water partition coefficient (Wildman–Crippen LogP) is 1.90. The van der Waals surface area contributed by atoms with E-state index in [1.54, 1.807) is 4.90 Å². The number of nitro groups is 1. The quantitative estimate of drug-likeness (QED) is 0.678. The fourth-order valence-electron chi connectivity index (χ4n) is 3.84. The van der Waals surface area contributed by atoms with Crippen molar-refractivity contribution in [2.75, 3.05) is 14.1 Å². The Hall–Kier alpha value is -1.95. The Morgan fingerprint density at radius 1 is 1.17 bits per heavy atom. The van der Waals surface area contributed by atoms with E-state index in [9.17, 15) is 14.9 Å². The number of amides is 1. The van der Waals surface area contributed by atoms with Gasteiger partial charge in [0.15, 0.2) is 0 Å². The number of nitrogens with one attached hydrogen (secondary N) is 1. The van der Waals surface area contributed by atoms with Crippen LogP contribution in [0.5, 0.6) is 0 Å². The molecular formula is C18H28N3O3+. The van der Waals surface area contributed by atoms with Gasteiger partial charge in [0.1, 0.15) is 0 Å².